The number of aryl methyl sites for hydroxylation is 1. The first kappa shape index (κ1) is 15.6. The molecule has 0 radical (unpaired) electrons. The molecule has 4 nitrogen and oxygen atoms in total. The Morgan fingerprint density at radius 1 is 1.33 bits per heavy atom. The maximum Gasteiger partial charge on any atom is 0.416 e. The number of nitrogens with zero attached hydrogens (tertiary/aromatic N) is 1. The lowest BCUT2D eigenvalue weighted by Gasteiger charge is -2.08. The van der Waals surface area contributed by atoms with E-state index >= 15 is 0 Å². The number of aromatic nitrogens is 2. The predicted octanol–water partition coefficient (Wildman–Crippen LogP) is 3.95. The quantitative estimate of drug-likeness (QED) is 0.822. The molecule has 0 aliphatic rings. The zero-order valence-corrected chi connectivity index (χ0v) is 12.6. The Morgan fingerprint density at radius 3 is 2.57 bits per heavy atom. The Bertz CT molecular complexity index is 695. The SMILES string of the molecule is COC(=O)c1nc(-c2cc(Br)cc(C(F)(F)F)c2)[nH]c1C. The van der Waals surface area contributed by atoms with Crippen LogP contribution >= 0.6 is 15.9 Å². The van der Waals surface area contributed by atoms with Crippen LogP contribution < -0.4 is 0 Å². The summed E-state index contributed by atoms with van der Waals surface area (Å²) in [6.07, 6.45) is -4.47. The van der Waals surface area contributed by atoms with Gasteiger partial charge in [0.15, 0.2) is 5.69 Å². The van der Waals surface area contributed by atoms with Gasteiger partial charge in [-0.25, -0.2) is 9.78 Å². The summed E-state index contributed by atoms with van der Waals surface area (Å²) in [6.45, 7) is 1.59. The van der Waals surface area contributed by atoms with Crippen LogP contribution in [0.15, 0.2) is 22.7 Å². The topological polar surface area (TPSA) is 55.0 Å². The predicted molar refractivity (Wildman–Crippen MR) is 72.8 cm³/mol. The third-order valence-electron chi connectivity index (χ3n) is 2.76. The van der Waals surface area contributed by atoms with Gasteiger partial charge in [-0.3, -0.25) is 0 Å². The van der Waals surface area contributed by atoms with E-state index in [0.717, 1.165) is 12.1 Å². The van der Waals surface area contributed by atoms with Crippen LogP contribution in [0.3, 0.4) is 0 Å². The number of nitrogens with one attached hydrogen (secondary N) is 1. The summed E-state index contributed by atoms with van der Waals surface area (Å²) >= 11 is 3.04. The molecule has 2 rings (SSSR count). The van der Waals surface area contributed by atoms with Crippen molar-refractivity contribution in [3.63, 3.8) is 0 Å². The highest BCUT2D eigenvalue weighted by atomic mass is 79.9. The first-order valence-corrected chi connectivity index (χ1v) is 6.54. The summed E-state index contributed by atoms with van der Waals surface area (Å²) < 4.78 is 43.2. The molecule has 0 fully saturated rings. The molecule has 0 aliphatic carbocycles. The Kier molecular flexibility index (Phi) is 4.08. The number of rotatable bonds is 2. The number of hydrogen-bond donors (Lipinski definition) is 1. The number of methoxy groups -OCH3 is 1. The summed E-state index contributed by atoms with van der Waals surface area (Å²) in [5.41, 5.74) is -0.123. The lowest BCUT2D eigenvalue weighted by molar-refractivity contribution is -0.137. The van der Waals surface area contributed by atoms with Gasteiger partial charge in [-0.2, -0.15) is 13.2 Å². The first-order chi connectivity index (χ1) is 9.72. The summed E-state index contributed by atoms with van der Waals surface area (Å²) in [6, 6.07) is 3.42. The van der Waals surface area contributed by atoms with Crippen LogP contribution in [0.25, 0.3) is 11.4 Å². The molecule has 0 amide bonds. The molecular weight excluding hydrogens is 353 g/mol. The van der Waals surface area contributed by atoms with Gasteiger partial charge in [0.05, 0.1) is 12.7 Å². The monoisotopic (exact) mass is 362 g/mol. The number of benzene rings is 1. The molecule has 1 N–H and O–H groups in total. The summed E-state index contributed by atoms with van der Waals surface area (Å²) in [7, 11) is 1.21. The van der Waals surface area contributed by atoms with Crippen LogP contribution in [0.1, 0.15) is 21.7 Å². The lowest BCUT2D eigenvalue weighted by atomic mass is 10.1. The van der Waals surface area contributed by atoms with Gasteiger partial charge in [0, 0.05) is 15.7 Å². The normalized spacial score (nSPS) is 11.5. The molecule has 0 bridgehead atoms. The number of carbonyl (C=O) groups excluding carboxylic acids is 1. The fourth-order valence-corrected chi connectivity index (χ4v) is 2.28. The molecule has 1 heterocycles. The van der Waals surface area contributed by atoms with Crippen molar-refractivity contribution in [1.82, 2.24) is 9.97 Å². The number of esters is 1. The minimum absolute atomic E-state index is 0.0426. The highest BCUT2D eigenvalue weighted by Crippen LogP contribution is 2.34. The van der Waals surface area contributed by atoms with Crippen molar-refractivity contribution in [2.24, 2.45) is 0 Å². The van der Waals surface area contributed by atoms with Gasteiger partial charge in [-0.1, -0.05) is 15.9 Å². The van der Waals surface area contributed by atoms with Crippen LogP contribution in [0.2, 0.25) is 0 Å². The van der Waals surface area contributed by atoms with Crippen molar-refractivity contribution in [3.8, 4) is 11.4 Å². The molecule has 8 heteroatoms. The van der Waals surface area contributed by atoms with Crippen molar-refractivity contribution in [2.75, 3.05) is 7.11 Å². The molecule has 21 heavy (non-hydrogen) atoms. The number of imidazole rings is 1. The van der Waals surface area contributed by atoms with Crippen LogP contribution in [0, 0.1) is 6.92 Å². The van der Waals surface area contributed by atoms with Gasteiger partial charge in [0.2, 0.25) is 0 Å². The Hall–Kier alpha value is -1.83. The number of carbonyl (C=O) groups is 1. The van der Waals surface area contributed by atoms with E-state index in [0.29, 0.717) is 5.69 Å². The smallest absolute Gasteiger partial charge is 0.416 e. The van der Waals surface area contributed by atoms with E-state index in [2.05, 4.69) is 30.6 Å². The number of hydrogen-bond acceptors (Lipinski definition) is 3. The molecule has 0 spiro atoms. The van der Waals surface area contributed by atoms with Crippen molar-refractivity contribution >= 4 is 21.9 Å². The first-order valence-electron chi connectivity index (χ1n) is 5.75. The van der Waals surface area contributed by atoms with Crippen LogP contribution in [0.5, 0.6) is 0 Å². The van der Waals surface area contributed by atoms with Gasteiger partial charge < -0.3 is 9.72 Å². The fourth-order valence-electron chi connectivity index (χ4n) is 1.78. The summed E-state index contributed by atoms with van der Waals surface area (Å²) in [4.78, 5) is 18.3. The minimum Gasteiger partial charge on any atom is -0.464 e. The number of halogens is 4. The molecule has 0 saturated carbocycles. The van der Waals surface area contributed by atoms with Crippen molar-refractivity contribution in [2.45, 2.75) is 13.1 Å². The second kappa shape index (κ2) is 5.51. The van der Waals surface area contributed by atoms with E-state index in [1.807, 2.05) is 0 Å². The zero-order chi connectivity index (χ0) is 15.8. The number of alkyl halides is 3. The number of aromatic amines is 1. The highest BCUT2D eigenvalue weighted by Gasteiger charge is 2.31. The second-order valence-corrected chi connectivity index (χ2v) is 5.19. The number of H-pyrrole nitrogens is 1. The van der Waals surface area contributed by atoms with E-state index in [9.17, 15) is 18.0 Å². The molecule has 1 aromatic heterocycles. The molecule has 0 aliphatic heterocycles. The van der Waals surface area contributed by atoms with Gasteiger partial charge in [-0.05, 0) is 25.1 Å². The molecule has 0 unspecified atom stereocenters. The van der Waals surface area contributed by atoms with Gasteiger partial charge in [-0.15, -0.1) is 0 Å². The average molecular weight is 363 g/mol. The Labute approximate surface area is 126 Å². The third-order valence-corrected chi connectivity index (χ3v) is 3.22. The standard InChI is InChI=1S/C13H10BrF3N2O2/c1-6-10(12(20)21-2)19-11(18-6)7-3-8(13(15,16)17)5-9(14)4-7/h3-5H,1-2H3,(H,18,19). The van der Waals surface area contributed by atoms with E-state index in [1.165, 1.54) is 13.2 Å². The Morgan fingerprint density at radius 2 is 2.00 bits per heavy atom. The second-order valence-electron chi connectivity index (χ2n) is 4.28. The largest absolute Gasteiger partial charge is 0.464 e. The van der Waals surface area contributed by atoms with E-state index in [4.69, 9.17) is 0 Å². The van der Waals surface area contributed by atoms with Gasteiger partial charge >= 0.3 is 12.1 Å². The Balaban J connectivity index is 2.52. The highest BCUT2D eigenvalue weighted by molar-refractivity contribution is 9.10. The minimum atomic E-state index is -4.47. The molecule has 112 valence electrons. The van der Waals surface area contributed by atoms with Crippen molar-refractivity contribution in [1.29, 1.82) is 0 Å². The van der Waals surface area contributed by atoms with Gasteiger partial charge in [0.1, 0.15) is 5.82 Å². The number of ether oxygens (including phenoxy) is 1. The van der Waals surface area contributed by atoms with E-state index < -0.39 is 17.7 Å². The molecule has 0 saturated heterocycles. The summed E-state index contributed by atoms with van der Waals surface area (Å²) in [5, 5.41) is 0. The zero-order valence-electron chi connectivity index (χ0n) is 11.0. The summed E-state index contributed by atoms with van der Waals surface area (Å²) in [5.74, 6) is -0.485. The fraction of sp³-hybridized carbons (Fsp3) is 0.231. The van der Waals surface area contributed by atoms with Crippen molar-refractivity contribution < 1.29 is 22.7 Å². The van der Waals surface area contributed by atoms with Crippen LogP contribution in [-0.4, -0.2) is 23.0 Å². The van der Waals surface area contributed by atoms with Crippen molar-refractivity contribution in [3.05, 3.63) is 39.6 Å². The molecule has 0 atom stereocenters. The molecule has 2 aromatic rings. The van der Waals surface area contributed by atoms with Crippen LogP contribution in [-0.2, 0) is 10.9 Å². The molecular formula is C13H10BrF3N2O2. The lowest BCUT2D eigenvalue weighted by Crippen LogP contribution is -2.05. The maximum absolute atomic E-state index is 12.8. The molecule has 1 aromatic carbocycles. The van der Waals surface area contributed by atoms with E-state index in [-0.39, 0.29) is 21.6 Å². The third kappa shape index (κ3) is 3.26. The van der Waals surface area contributed by atoms with E-state index in [1.54, 1.807) is 6.92 Å². The maximum atomic E-state index is 12.8. The van der Waals surface area contributed by atoms with Crippen LogP contribution in [0.4, 0.5) is 13.2 Å². The van der Waals surface area contributed by atoms with Gasteiger partial charge in [0.25, 0.3) is 0 Å². The average Bonchev–Trinajstić information content (AvgIpc) is 2.78.